The summed E-state index contributed by atoms with van der Waals surface area (Å²) in [5.41, 5.74) is 0.611. The molecule has 4 rings (SSSR count). The third-order valence-corrected chi connectivity index (χ3v) is 5.75. The lowest BCUT2D eigenvalue weighted by Gasteiger charge is -2.09. The Morgan fingerprint density at radius 3 is 2.86 bits per heavy atom. The zero-order valence-corrected chi connectivity index (χ0v) is 16.5. The Morgan fingerprint density at radius 1 is 1.25 bits per heavy atom. The molecule has 4 aromatic rings. The lowest BCUT2D eigenvalue weighted by atomic mass is 10.3. The molecule has 0 atom stereocenters. The fourth-order valence-corrected chi connectivity index (χ4v) is 4.28. The molecule has 0 aliphatic heterocycles. The number of ether oxygens (including phenoxy) is 1. The maximum atomic E-state index is 13.0. The Balaban J connectivity index is 1.45. The van der Waals surface area contributed by atoms with Gasteiger partial charge in [0.1, 0.15) is 18.2 Å². The van der Waals surface area contributed by atoms with Crippen molar-refractivity contribution < 1.29 is 9.13 Å². The van der Waals surface area contributed by atoms with Crippen molar-refractivity contribution in [2.75, 3.05) is 0 Å². The molecule has 0 aliphatic carbocycles. The summed E-state index contributed by atoms with van der Waals surface area (Å²) in [6.45, 7) is 2.91. The number of benzene rings is 1. The van der Waals surface area contributed by atoms with Crippen LogP contribution in [0.15, 0.2) is 51.9 Å². The standard InChI is InChI=1S/C18H16FN5O2S2/c1-2-23-15(10-26-14-5-3-12(19)4-6-14)21-22-18(23)28-11-13-9-16(25)24-7-8-27-17(24)20-13/h3-9H,2,10-11H2,1H3. The molecule has 0 amide bonds. The SMILES string of the molecule is CCn1c(COc2ccc(F)cc2)nnc1SCc1cc(=O)n2ccsc2n1. The fourth-order valence-electron chi connectivity index (χ4n) is 2.63. The molecule has 10 heteroatoms. The molecule has 7 nitrogen and oxygen atoms in total. The van der Waals surface area contributed by atoms with Gasteiger partial charge in [-0.05, 0) is 31.2 Å². The molecule has 0 fully saturated rings. The Kier molecular flexibility index (Phi) is 5.40. The quantitative estimate of drug-likeness (QED) is 0.429. The van der Waals surface area contributed by atoms with E-state index in [1.807, 2.05) is 16.9 Å². The van der Waals surface area contributed by atoms with Gasteiger partial charge in [0.05, 0.1) is 5.69 Å². The van der Waals surface area contributed by atoms with E-state index in [2.05, 4.69) is 15.2 Å². The second kappa shape index (κ2) is 8.11. The van der Waals surface area contributed by atoms with Gasteiger partial charge < -0.3 is 9.30 Å². The largest absolute Gasteiger partial charge is 0.486 e. The van der Waals surface area contributed by atoms with Gasteiger partial charge in [-0.2, -0.15) is 0 Å². The smallest absolute Gasteiger partial charge is 0.258 e. The molecule has 0 aliphatic rings. The summed E-state index contributed by atoms with van der Waals surface area (Å²) in [4.78, 5) is 17.3. The van der Waals surface area contributed by atoms with Crippen LogP contribution in [-0.4, -0.2) is 24.1 Å². The highest BCUT2D eigenvalue weighted by atomic mass is 32.2. The van der Waals surface area contributed by atoms with Crippen LogP contribution in [0.1, 0.15) is 18.4 Å². The topological polar surface area (TPSA) is 74.3 Å². The van der Waals surface area contributed by atoms with Gasteiger partial charge in [0, 0.05) is 29.9 Å². The molecule has 144 valence electrons. The average Bonchev–Trinajstić information content (AvgIpc) is 3.32. The first-order chi connectivity index (χ1) is 13.6. The number of thiazole rings is 1. The van der Waals surface area contributed by atoms with Gasteiger partial charge in [0.2, 0.25) is 0 Å². The monoisotopic (exact) mass is 417 g/mol. The minimum Gasteiger partial charge on any atom is -0.486 e. The zero-order chi connectivity index (χ0) is 19.5. The molecular formula is C18H16FN5O2S2. The first-order valence-corrected chi connectivity index (χ1v) is 10.4. The Hall–Kier alpha value is -2.72. The van der Waals surface area contributed by atoms with E-state index in [0.29, 0.717) is 34.5 Å². The zero-order valence-electron chi connectivity index (χ0n) is 14.9. The second-order valence-electron chi connectivity index (χ2n) is 5.82. The average molecular weight is 417 g/mol. The van der Waals surface area contributed by atoms with Crippen LogP contribution >= 0.6 is 23.1 Å². The van der Waals surface area contributed by atoms with Gasteiger partial charge in [-0.15, -0.1) is 21.5 Å². The Morgan fingerprint density at radius 2 is 2.07 bits per heavy atom. The van der Waals surface area contributed by atoms with Crippen LogP contribution < -0.4 is 10.3 Å². The number of aromatic nitrogens is 5. The van der Waals surface area contributed by atoms with E-state index in [0.717, 1.165) is 5.16 Å². The van der Waals surface area contributed by atoms with Crippen LogP contribution in [0.4, 0.5) is 4.39 Å². The molecule has 0 bridgehead atoms. The minimum atomic E-state index is -0.309. The first-order valence-electron chi connectivity index (χ1n) is 8.53. The maximum absolute atomic E-state index is 13.0. The number of thioether (sulfide) groups is 1. The third kappa shape index (κ3) is 3.92. The predicted molar refractivity (Wildman–Crippen MR) is 105 cm³/mol. The summed E-state index contributed by atoms with van der Waals surface area (Å²) < 4.78 is 22.1. The van der Waals surface area contributed by atoms with Gasteiger partial charge in [-0.25, -0.2) is 9.37 Å². The van der Waals surface area contributed by atoms with Crippen LogP contribution in [0.25, 0.3) is 4.96 Å². The predicted octanol–water partition coefficient (Wildman–Crippen LogP) is 3.38. The molecule has 3 aromatic heterocycles. The number of nitrogens with zero attached hydrogens (tertiary/aromatic N) is 5. The van der Waals surface area contributed by atoms with Crippen LogP contribution in [0.2, 0.25) is 0 Å². The van der Waals surface area contributed by atoms with Crippen molar-refractivity contribution in [3.63, 3.8) is 0 Å². The maximum Gasteiger partial charge on any atom is 0.258 e. The van der Waals surface area contributed by atoms with Crippen molar-refractivity contribution in [2.45, 2.75) is 31.0 Å². The molecule has 0 radical (unpaired) electrons. The van der Waals surface area contributed by atoms with Gasteiger partial charge in [-0.1, -0.05) is 11.8 Å². The van der Waals surface area contributed by atoms with E-state index in [-0.39, 0.29) is 18.0 Å². The fraction of sp³-hybridized carbons (Fsp3) is 0.222. The first kappa shape index (κ1) is 18.6. The molecule has 28 heavy (non-hydrogen) atoms. The van der Waals surface area contributed by atoms with Gasteiger partial charge in [-0.3, -0.25) is 9.20 Å². The molecule has 0 saturated carbocycles. The van der Waals surface area contributed by atoms with Gasteiger partial charge >= 0.3 is 0 Å². The second-order valence-corrected chi connectivity index (χ2v) is 7.63. The van der Waals surface area contributed by atoms with Crippen LogP contribution in [0.3, 0.4) is 0 Å². The Bertz CT molecular complexity index is 1150. The van der Waals surface area contributed by atoms with E-state index in [1.165, 1.54) is 45.7 Å². The summed E-state index contributed by atoms with van der Waals surface area (Å²) in [5.74, 6) is 1.45. The molecule has 0 saturated heterocycles. The lowest BCUT2D eigenvalue weighted by molar-refractivity contribution is 0.288. The minimum absolute atomic E-state index is 0.0906. The van der Waals surface area contributed by atoms with Crippen LogP contribution in [-0.2, 0) is 18.9 Å². The van der Waals surface area contributed by atoms with E-state index in [9.17, 15) is 9.18 Å². The number of fused-ring (bicyclic) bond motifs is 1. The van der Waals surface area contributed by atoms with Crippen LogP contribution in [0, 0.1) is 5.82 Å². The van der Waals surface area contributed by atoms with E-state index < -0.39 is 0 Å². The number of hydrogen-bond acceptors (Lipinski definition) is 7. The summed E-state index contributed by atoms with van der Waals surface area (Å²) in [7, 11) is 0. The van der Waals surface area contributed by atoms with Crippen molar-refractivity contribution in [1.82, 2.24) is 24.1 Å². The highest BCUT2D eigenvalue weighted by Crippen LogP contribution is 2.22. The van der Waals surface area contributed by atoms with Crippen LogP contribution in [0.5, 0.6) is 5.75 Å². The van der Waals surface area contributed by atoms with Crippen molar-refractivity contribution in [1.29, 1.82) is 0 Å². The van der Waals surface area contributed by atoms with E-state index >= 15 is 0 Å². The summed E-state index contributed by atoms with van der Waals surface area (Å²) in [6, 6.07) is 7.38. The highest BCUT2D eigenvalue weighted by molar-refractivity contribution is 7.98. The van der Waals surface area contributed by atoms with Crippen molar-refractivity contribution in [2.24, 2.45) is 0 Å². The van der Waals surface area contributed by atoms with E-state index in [4.69, 9.17) is 4.74 Å². The third-order valence-electron chi connectivity index (χ3n) is 4.00. The molecule has 0 unspecified atom stereocenters. The van der Waals surface area contributed by atoms with E-state index in [1.54, 1.807) is 18.3 Å². The lowest BCUT2D eigenvalue weighted by Crippen LogP contribution is -2.12. The van der Waals surface area contributed by atoms with Crippen molar-refractivity contribution >= 4 is 28.1 Å². The molecular weight excluding hydrogens is 401 g/mol. The Labute approximate surface area is 167 Å². The summed E-state index contributed by atoms with van der Waals surface area (Å²) in [6.07, 6.45) is 1.72. The van der Waals surface area contributed by atoms with Gasteiger partial charge in [0.15, 0.2) is 15.9 Å². The summed E-state index contributed by atoms with van der Waals surface area (Å²) in [5, 5.41) is 11.0. The summed E-state index contributed by atoms with van der Waals surface area (Å²) >= 11 is 2.89. The number of rotatable bonds is 7. The molecule has 0 spiro atoms. The van der Waals surface area contributed by atoms with Crippen molar-refractivity contribution in [3.05, 3.63) is 69.6 Å². The number of halogens is 1. The van der Waals surface area contributed by atoms with Gasteiger partial charge in [0.25, 0.3) is 5.56 Å². The van der Waals surface area contributed by atoms with Crippen molar-refractivity contribution in [3.8, 4) is 5.75 Å². The normalized spacial score (nSPS) is 11.2. The molecule has 1 aromatic carbocycles. The number of hydrogen-bond donors (Lipinski definition) is 0. The molecule has 3 heterocycles. The highest BCUT2D eigenvalue weighted by Gasteiger charge is 2.13. The molecule has 0 N–H and O–H groups in total.